The number of hydrogen-bond donors (Lipinski definition) is 1. The van der Waals surface area contributed by atoms with E-state index >= 15 is 0 Å². The first kappa shape index (κ1) is 16.5. The smallest absolute Gasteiger partial charge is 0.0236 e. The van der Waals surface area contributed by atoms with Crippen molar-refractivity contribution in [2.45, 2.75) is 78.0 Å². The molecule has 0 radical (unpaired) electrons. The fraction of sp³-hybridized carbons (Fsp3) is 0.684. The van der Waals surface area contributed by atoms with Gasteiger partial charge in [-0.25, -0.2) is 0 Å². The Kier molecular flexibility index (Phi) is 6.72. The summed E-state index contributed by atoms with van der Waals surface area (Å²) in [5.41, 5.74) is 2.88. The molecule has 1 aromatic carbocycles. The summed E-state index contributed by atoms with van der Waals surface area (Å²) in [6.07, 6.45) is 6.68. The Bertz CT molecular complexity index is 410. The summed E-state index contributed by atoms with van der Waals surface area (Å²) < 4.78 is 0. The average Bonchev–Trinajstić information content (AvgIpc) is 3.29. The molecule has 1 saturated carbocycles. The minimum atomic E-state index is 0.620. The molecule has 2 nitrogen and oxygen atoms in total. The molecule has 1 fully saturated rings. The number of nitrogens with one attached hydrogen (secondary N) is 1. The van der Waals surface area contributed by atoms with Crippen molar-refractivity contribution in [3.63, 3.8) is 0 Å². The zero-order valence-corrected chi connectivity index (χ0v) is 14.1. The zero-order valence-electron chi connectivity index (χ0n) is 14.1. The summed E-state index contributed by atoms with van der Waals surface area (Å²) in [4.78, 5) is 2.60. The maximum atomic E-state index is 3.60. The highest BCUT2D eigenvalue weighted by molar-refractivity contribution is 5.23. The van der Waals surface area contributed by atoms with Gasteiger partial charge in [-0.2, -0.15) is 0 Å². The van der Waals surface area contributed by atoms with E-state index in [9.17, 15) is 0 Å². The highest BCUT2D eigenvalue weighted by Gasteiger charge is 2.19. The molecule has 1 N–H and O–H groups in total. The Balaban J connectivity index is 1.87. The van der Waals surface area contributed by atoms with Gasteiger partial charge in [-0.15, -0.1) is 0 Å². The fourth-order valence-corrected chi connectivity index (χ4v) is 2.71. The van der Waals surface area contributed by atoms with E-state index in [-0.39, 0.29) is 0 Å². The van der Waals surface area contributed by atoms with Crippen LogP contribution in [0.4, 0.5) is 0 Å². The van der Waals surface area contributed by atoms with Crippen LogP contribution >= 0.6 is 0 Å². The number of benzene rings is 1. The van der Waals surface area contributed by atoms with Gasteiger partial charge in [0.15, 0.2) is 0 Å². The Morgan fingerprint density at radius 2 is 1.95 bits per heavy atom. The molecule has 0 spiro atoms. The molecule has 0 amide bonds. The number of unbranched alkanes of at least 4 members (excludes halogenated alkanes) is 2. The van der Waals surface area contributed by atoms with Crippen molar-refractivity contribution in [1.29, 1.82) is 0 Å². The molecule has 0 atom stereocenters. The van der Waals surface area contributed by atoms with Gasteiger partial charge in [-0.1, -0.05) is 44.0 Å². The van der Waals surface area contributed by atoms with Crippen LogP contribution in [-0.2, 0) is 13.1 Å². The van der Waals surface area contributed by atoms with Gasteiger partial charge >= 0.3 is 0 Å². The minimum absolute atomic E-state index is 0.620. The van der Waals surface area contributed by atoms with Crippen LogP contribution in [-0.4, -0.2) is 23.5 Å². The van der Waals surface area contributed by atoms with Crippen LogP contribution in [0.15, 0.2) is 24.3 Å². The van der Waals surface area contributed by atoms with Crippen molar-refractivity contribution in [3.05, 3.63) is 35.4 Å². The summed E-state index contributed by atoms with van der Waals surface area (Å²) in [6, 6.07) is 10.5. The molecular formula is C19H32N2. The lowest BCUT2D eigenvalue weighted by Gasteiger charge is -2.26. The lowest BCUT2D eigenvalue weighted by atomic mass is 10.1. The van der Waals surface area contributed by atoms with Crippen molar-refractivity contribution in [3.8, 4) is 0 Å². The largest absolute Gasteiger partial charge is 0.310 e. The first-order valence-corrected chi connectivity index (χ1v) is 8.74. The van der Waals surface area contributed by atoms with Crippen LogP contribution in [0.5, 0.6) is 0 Å². The van der Waals surface area contributed by atoms with Crippen LogP contribution in [0.3, 0.4) is 0 Å². The van der Waals surface area contributed by atoms with E-state index in [4.69, 9.17) is 0 Å². The molecule has 2 heteroatoms. The van der Waals surface area contributed by atoms with E-state index in [0.717, 1.165) is 19.1 Å². The van der Waals surface area contributed by atoms with Crippen molar-refractivity contribution in [2.75, 3.05) is 6.54 Å². The molecule has 2 rings (SSSR count). The first-order valence-electron chi connectivity index (χ1n) is 8.74. The van der Waals surface area contributed by atoms with Gasteiger partial charge in [0, 0.05) is 25.2 Å². The van der Waals surface area contributed by atoms with Gasteiger partial charge in [-0.3, -0.25) is 4.90 Å². The quantitative estimate of drug-likeness (QED) is 0.644. The molecule has 0 aromatic heterocycles. The normalized spacial score (nSPS) is 15.1. The third kappa shape index (κ3) is 6.19. The monoisotopic (exact) mass is 288 g/mol. The van der Waals surface area contributed by atoms with Gasteiger partial charge in [0.25, 0.3) is 0 Å². The number of rotatable bonds is 10. The maximum Gasteiger partial charge on any atom is 0.0236 e. The predicted molar refractivity (Wildman–Crippen MR) is 91.4 cm³/mol. The zero-order chi connectivity index (χ0) is 15.1. The van der Waals surface area contributed by atoms with Crippen molar-refractivity contribution in [1.82, 2.24) is 10.2 Å². The summed E-state index contributed by atoms with van der Waals surface area (Å²) in [6.45, 7) is 10.2. The molecule has 21 heavy (non-hydrogen) atoms. The van der Waals surface area contributed by atoms with Gasteiger partial charge in [0.2, 0.25) is 0 Å². The van der Waals surface area contributed by atoms with Crippen molar-refractivity contribution >= 4 is 0 Å². The molecule has 0 bridgehead atoms. The Morgan fingerprint density at radius 3 is 2.62 bits per heavy atom. The molecule has 1 aliphatic rings. The number of nitrogens with zero attached hydrogens (tertiary/aromatic N) is 1. The second-order valence-electron chi connectivity index (χ2n) is 6.75. The predicted octanol–water partition coefficient (Wildman–Crippen LogP) is 4.34. The standard InChI is InChI=1S/C19H32N2/c1-4-5-6-12-21(16(2)3)15-18-9-7-8-17(13-18)14-20-19-10-11-19/h7-9,13,16,19-20H,4-6,10-12,14-15H2,1-3H3. The van der Waals surface area contributed by atoms with E-state index in [1.807, 2.05) is 0 Å². The Hall–Kier alpha value is -0.860. The van der Waals surface area contributed by atoms with Gasteiger partial charge in [-0.05, 0) is 50.8 Å². The summed E-state index contributed by atoms with van der Waals surface area (Å²) in [5, 5.41) is 3.60. The Labute approximate surface area is 130 Å². The van der Waals surface area contributed by atoms with Crippen LogP contribution in [0.1, 0.15) is 64.0 Å². The molecule has 0 heterocycles. The fourth-order valence-electron chi connectivity index (χ4n) is 2.71. The van der Waals surface area contributed by atoms with Gasteiger partial charge in [0.1, 0.15) is 0 Å². The van der Waals surface area contributed by atoms with Crippen molar-refractivity contribution in [2.24, 2.45) is 0 Å². The molecule has 0 saturated heterocycles. The van der Waals surface area contributed by atoms with Gasteiger partial charge < -0.3 is 5.32 Å². The SMILES string of the molecule is CCCCCN(Cc1cccc(CNC2CC2)c1)C(C)C. The van der Waals surface area contributed by atoms with E-state index < -0.39 is 0 Å². The second-order valence-corrected chi connectivity index (χ2v) is 6.75. The lowest BCUT2D eigenvalue weighted by Crippen LogP contribution is -2.31. The van der Waals surface area contributed by atoms with E-state index in [1.54, 1.807) is 0 Å². The summed E-state index contributed by atoms with van der Waals surface area (Å²) in [5.74, 6) is 0. The van der Waals surface area contributed by atoms with E-state index in [0.29, 0.717) is 6.04 Å². The molecule has 0 aliphatic heterocycles. The van der Waals surface area contributed by atoms with Crippen LogP contribution < -0.4 is 5.32 Å². The molecule has 0 unspecified atom stereocenters. The topological polar surface area (TPSA) is 15.3 Å². The van der Waals surface area contributed by atoms with Gasteiger partial charge in [0.05, 0.1) is 0 Å². The minimum Gasteiger partial charge on any atom is -0.310 e. The summed E-state index contributed by atoms with van der Waals surface area (Å²) >= 11 is 0. The molecule has 1 aliphatic carbocycles. The average molecular weight is 288 g/mol. The highest BCUT2D eigenvalue weighted by atomic mass is 15.1. The van der Waals surface area contributed by atoms with Crippen LogP contribution in [0, 0.1) is 0 Å². The first-order chi connectivity index (χ1) is 10.2. The van der Waals surface area contributed by atoms with Crippen LogP contribution in [0.25, 0.3) is 0 Å². The molecule has 118 valence electrons. The summed E-state index contributed by atoms with van der Waals surface area (Å²) in [7, 11) is 0. The van der Waals surface area contributed by atoms with Crippen LogP contribution in [0.2, 0.25) is 0 Å². The Morgan fingerprint density at radius 1 is 1.19 bits per heavy atom. The second kappa shape index (κ2) is 8.55. The maximum absolute atomic E-state index is 3.60. The number of hydrogen-bond acceptors (Lipinski definition) is 2. The third-order valence-corrected chi connectivity index (χ3v) is 4.33. The molecular weight excluding hydrogens is 256 g/mol. The lowest BCUT2D eigenvalue weighted by molar-refractivity contribution is 0.208. The van der Waals surface area contributed by atoms with E-state index in [1.165, 1.54) is 49.8 Å². The highest BCUT2D eigenvalue weighted by Crippen LogP contribution is 2.19. The van der Waals surface area contributed by atoms with E-state index in [2.05, 4.69) is 55.3 Å². The molecule has 1 aromatic rings. The van der Waals surface area contributed by atoms with Crippen molar-refractivity contribution < 1.29 is 0 Å². The third-order valence-electron chi connectivity index (χ3n) is 4.33.